The van der Waals surface area contributed by atoms with Gasteiger partial charge in [0, 0.05) is 22.6 Å². The van der Waals surface area contributed by atoms with Crippen LogP contribution < -0.4 is 4.74 Å². The van der Waals surface area contributed by atoms with Crippen LogP contribution in [0.3, 0.4) is 0 Å². The van der Waals surface area contributed by atoms with Crippen LogP contribution in [0.25, 0.3) is 32.6 Å². The van der Waals surface area contributed by atoms with Crippen LogP contribution in [0.5, 0.6) is 5.75 Å². The molecule has 4 heteroatoms. The van der Waals surface area contributed by atoms with Crippen LogP contribution in [0.2, 0.25) is 0 Å². The molecule has 4 aromatic rings. The van der Waals surface area contributed by atoms with Crippen molar-refractivity contribution in [3.05, 3.63) is 71.1 Å². The second kappa shape index (κ2) is 5.26. The van der Waals surface area contributed by atoms with Gasteiger partial charge in [-0.1, -0.05) is 30.3 Å². The van der Waals surface area contributed by atoms with Gasteiger partial charge in [0.2, 0.25) is 0 Å². The quantitative estimate of drug-likeness (QED) is 0.443. The van der Waals surface area contributed by atoms with E-state index in [-0.39, 0.29) is 5.78 Å². The topological polar surface area (TPSA) is 39.2 Å². The van der Waals surface area contributed by atoms with Gasteiger partial charge in [0.15, 0.2) is 5.78 Å². The predicted octanol–water partition coefficient (Wildman–Crippen LogP) is 5.18. The molecule has 1 aliphatic carbocycles. The molecule has 120 valence electrons. The van der Waals surface area contributed by atoms with E-state index in [4.69, 9.17) is 9.72 Å². The van der Waals surface area contributed by atoms with Gasteiger partial charge in [-0.15, -0.1) is 11.3 Å². The highest BCUT2D eigenvalue weighted by Gasteiger charge is 2.32. The Bertz CT molecular complexity index is 1150. The van der Waals surface area contributed by atoms with Gasteiger partial charge in [-0.2, -0.15) is 0 Å². The molecule has 2 heterocycles. The van der Waals surface area contributed by atoms with Gasteiger partial charge >= 0.3 is 0 Å². The van der Waals surface area contributed by atoms with E-state index < -0.39 is 0 Å². The minimum absolute atomic E-state index is 0.0548. The van der Waals surface area contributed by atoms with Crippen LogP contribution in [0.15, 0.2) is 60.0 Å². The number of ether oxygens (including phenoxy) is 1. The lowest BCUT2D eigenvalue weighted by atomic mass is 9.99. The second-order valence-corrected chi connectivity index (χ2v) is 6.89. The van der Waals surface area contributed by atoms with Gasteiger partial charge in [-0.25, -0.2) is 4.98 Å². The standard InChI is InChI=1S/C21H13NO2S/c1-24-12-8-9-15-16(11-12)22-20(17-7-4-10-25-17)19-18(15)13-5-2-3-6-14(13)21(19)23/h2-11H,1H3. The molecule has 5 rings (SSSR count). The second-order valence-electron chi connectivity index (χ2n) is 5.95. The van der Waals surface area contributed by atoms with Crippen LogP contribution in [-0.2, 0) is 0 Å². The Kier molecular flexibility index (Phi) is 3.02. The van der Waals surface area contributed by atoms with Crippen molar-refractivity contribution in [3.63, 3.8) is 0 Å². The van der Waals surface area contributed by atoms with Gasteiger partial charge in [0.1, 0.15) is 5.75 Å². The number of carbonyl (C=O) groups excluding carboxylic acids is 1. The van der Waals surface area contributed by atoms with E-state index in [9.17, 15) is 4.79 Å². The van der Waals surface area contributed by atoms with Crippen molar-refractivity contribution in [1.29, 1.82) is 0 Å². The van der Waals surface area contributed by atoms with Gasteiger partial charge in [-0.3, -0.25) is 4.79 Å². The summed E-state index contributed by atoms with van der Waals surface area (Å²) in [5.74, 6) is 0.814. The molecule has 0 amide bonds. The maximum absolute atomic E-state index is 13.1. The summed E-state index contributed by atoms with van der Waals surface area (Å²) in [5.41, 5.74) is 5.02. The van der Waals surface area contributed by atoms with E-state index in [1.165, 1.54) is 0 Å². The summed E-state index contributed by atoms with van der Waals surface area (Å²) in [5, 5.41) is 2.99. The Morgan fingerprint density at radius 2 is 1.80 bits per heavy atom. The van der Waals surface area contributed by atoms with Crippen LogP contribution in [-0.4, -0.2) is 17.9 Å². The fourth-order valence-electron chi connectivity index (χ4n) is 3.50. The number of rotatable bonds is 2. The molecular weight excluding hydrogens is 330 g/mol. The first-order valence-electron chi connectivity index (χ1n) is 7.97. The van der Waals surface area contributed by atoms with E-state index in [1.807, 2.05) is 60.0 Å². The van der Waals surface area contributed by atoms with E-state index in [1.54, 1.807) is 18.4 Å². The third-order valence-corrected chi connectivity index (χ3v) is 5.49. The third-order valence-electron chi connectivity index (χ3n) is 4.62. The van der Waals surface area contributed by atoms with Crippen LogP contribution >= 0.6 is 11.3 Å². The maximum atomic E-state index is 13.1. The summed E-state index contributed by atoms with van der Waals surface area (Å²) < 4.78 is 5.36. The highest BCUT2D eigenvalue weighted by atomic mass is 32.1. The zero-order valence-corrected chi connectivity index (χ0v) is 14.3. The molecule has 0 aliphatic heterocycles. The molecule has 0 atom stereocenters. The van der Waals surface area contributed by atoms with Gasteiger partial charge in [-0.05, 0) is 29.1 Å². The fraction of sp³-hybridized carbons (Fsp3) is 0.0476. The first-order valence-corrected chi connectivity index (χ1v) is 8.85. The summed E-state index contributed by atoms with van der Waals surface area (Å²) >= 11 is 1.60. The molecule has 0 saturated carbocycles. The van der Waals surface area contributed by atoms with Crippen LogP contribution in [0.4, 0.5) is 0 Å². The van der Waals surface area contributed by atoms with Crippen LogP contribution in [0, 0.1) is 0 Å². The molecule has 2 aromatic carbocycles. The molecule has 25 heavy (non-hydrogen) atoms. The molecule has 0 radical (unpaired) electrons. The Balaban J connectivity index is 1.96. The number of hydrogen-bond donors (Lipinski definition) is 0. The van der Waals surface area contributed by atoms with Crippen LogP contribution in [0.1, 0.15) is 15.9 Å². The first-order chi connectivity index (χ1) is 12.3. The first kappa shape index (κ1) is 14.4. The summed E-state index contributed by atoms with van der Waals surface area (Å²) in [6.07, 6.45) is 0. The number of aromatic nitrogens is 1. The fourth-order valence-corrected chi connectivity index (χ4v) is 4.22. The highest BCUT2D eigenvalue weighted by Crippen LogP contribution is 2.45. The SMILES string of the molecule is COc1ccc2c3c(c(-c4cccs4)nc2c1)C(=O)c1ccccc1-3. The summed E-state index contributed by atoms with van der Waals surface area (Å²) in [6.45, 7) is 0. The Morgan fingerprint density at radius 3 is 2.56 bits per heavy atom. The zero-order chi connectivity index (χ0) is 17.0. The number of pyridine rings is 1. The van der Waals surface area contributed by atoms with Crippen molar-refractivity contribution < 1.29 is 9.53 Å². The number of methoxy groups -OCH3 is 1. The Morgan fingerprint density at radius 1 is 0.960 bits per heavy atom. The molecule has 0 N–H and O–H groups in total. The number of benzene rings is 2. The molecule has 1 aliphatic rings. The van der Waals surface area contributed by atoms with Gasteiger partial charge in [0.05, 0.1) is 28.8 Å². The van der Waals surface area contributed by atoms with Gasteiger partial charge in [0.25, 0.3) is 0 Å². The van der Waals surface area contributed by atoms with Crippen molar-refractivity contribution in [2.45, 2.75) is 0 Å². The zero-order valence-electron chi connectivity index (χ0n) is 13.4. The summed E-state index contributed by atoms with van der Waals surface area (Å²) in [4.78, 5) is 19.0. The smallest absolute Gasteiger partial charge is 0.196 e. The average molecular weight is 343 g/mol. The summed E-state index contributed by atoms with van der Waals surface area (Å²) in [6, 6.07) is 17.6. The van der Waals surface area contributed by atoms with Crippen molar-refractivity contribution in [3.8, 4) is 27.4 Å². The number of ketones is 1. The molecule has 2 aromatic heterocycles. The molecule has 0 saturated heterocycles. The van der Waals surface area contributed by atoms with Crippen molar-refractivity contribution in [1.82, 2.24) is 4.98 Å². The lowest BCUT2D eigenvalue weighted by Crippen LogP contribution is -2.00. The third kappa shape index (κ3) is 1.98. The Hall–Kier alpha value is -2.98. The Labute approximate surface area is 148 Å². The van der Waals surface area contributed by atoms with Crippen molar-refractivity contribution >= 4 is 28.0 Å². The average Bonchev–Trinajstić information content (AvgIpc) is 3.29. The predicted molar refractivity (Wildman–Crippen MR) is 100 cm³/mol. The van der Waals surface area contributed by atoms with E-state index in [0.717, 1.165) is 43.9 Å². The monoisotopic (exact) mass is 343 g/mol. The number of carbonyl (C=O) groups is 1. The molecule has 0 unspecified atom stereocenters. The normalized spacial score (nSPS) is 12.3. The summed E-state index contributed by atoms with van der Waals surface area (Å²) in [7, 11) is 1.65. The molecule has 0 bridgehead atoms. The lowest BCUT2D eigenvalue weighted by Gasteiger charge is -2.11. The lowest BCUT2D eigenvalue weighted by molar-refractivity contribution is 0.104. The number of fused-ring (bicyclic) bond motifs is 5. The van der Waals surface area contributed by atoms with Crippen molar-refractivity contribution in [2.75, 3.05) is 7.11 Å². The van der Waals surface area contributed by atoms with E-state index in [2.05, 4.69) is 0 Å². The minimum atomic E-state index is 0.0548. The van der Waals surface area contributed by atoms with E-state index >= 15 is 0 Å². The largest absolute Gasteiger partial charge is 0.497 e. The van der Waals surface area contributed by atoms with E-state index in [0.29, 0.717) is 5.56 Å². The van der Waals surface area contributed by atoms with Crippen molar-refractivity contribution in [2.24, 2.45) is 0 Å². The minimum Gasteiger partial charge on any atom is -0.497 e. The van der Waals surface area contributed by atoms with Gasteiger partial charge < -0.3 is 4.74 Å². The molecule has 3 nitrogen and oxygen atoms in total. The number of nitrogens with zero attached hydrogens (tertiary/aromatic N) is 1. The highest BCUT2D eigenvalue weighted by molar-refractivity contribution is 7.13. The number of hydrogen-bond acceptors (Lipinski definition) is 4. The molecule has 0 fully saturated rings. The number of thiophene rings is 1. The molecular formula is C21H13NO2S. The maximum Gasteiger partial charge on any atom is 0.196 e. The molecule has 0 spiro atoms.